The lowest BCUT2D eigenvalue weighted by atomic mass is 10.2. The highest BCUT2D eigenvalue weighted by molar-refractivity contribution is 5.86. The summed E-state index contributed by atoms with van der Waals surface area (Å²) in [7, 11) is 1.44. The zero-order chi connectivity index (χ0) is 14.3. The van der Waals surface area contributed by atoms with Crippen LogP contribution in [0.15, 0.2) is 22.6 Å². The third-order valence-corrected chi connectivity index (χ3v) is 3.22. The molecular weight excluding hydrogens is 265 g/mol. The van der Waals surface area contributed by atoms with Crippen molar-refractivity contribution in [3.8, 4) is 17.2 Å². The second-order valence-electron chi connectivity index (χ2n) is 4.66. The van der Waals surface area contributed by atoms with Gasteiger partial charge in [-0.2, -0.15) is 0 Å². The van der Waals surface area contributed by atoms with Crippen LogP contribution >= 0.6 is 0 Å². The molecule has 6 heteroatoms. The molecule has 0 spiro atoms. The van der Waals surface area contributed by atoms with Crippen molar-refractivity contribution >= 4 is 5.97 Å². The number of aromatic carboxylic acids is 1. The number of ether oxygens (including phenoxy) is 1. The SMILES string of the molecule is COc1ccc(-c2nc(C3CC3)c(C(=O)O)o2)c(F)c1. The van der Waals surface area contributed by atoms with Crippen LogP contribution in [0.1, 0.15) is 35.0 Å². The summed E-state index contributed by atoms with van der Waals surface area (Å²) >= 11 is 0. The highest BCUT2D eigenvalue weighted by atomic mass is 19.1. The molecule has 1 fully saturated rings. The van der Waals surface area contributed by atoms with E-state index in [1.165, 1.54) is 19.2 Å². The molecule has 0 bridgehead atoms. The van der Waals surface area contributed by atoms with Crippen LogP contribution in [0.2, 0.25) is 0 Å². The van der Waals surface area contributed by atoms with E-state index in [1.807, 2.05) is 0 Å². The van der Waals surface area contributed by atoms with E-state index in [-0.39, 0.29) is 23.1 Å². The van der Waals surface area contributed by atoms with Crippen LogP contribution in [0, 0.1) is 5.82 Å². The van der Waals surface area contributed by atoms with E-state index < -0.39 is 11.8 Å². The van der Waals surface area contributed by atoms with Crippen LogP contribution in [0.3, 0.4) is 0 Å². The van der Waals surface area contributed by atoms with E-state index in [0.29, 0.717) is 11.4 Å². The monoisotopic (exact) mass is 277 g/mol. The Morgan fingerprint density at radius 3 is 2.80 bits per heavy atom. The molecule has 20 heavy (non-hydrogen) atoms. The number of nitrogens with zero attached hydrogens (tertiary/aromatic N) is 1. The molecule has 104 valence electrons. The number of hydrogen-bond donors (Lipinski definition) is 1. The van der Waals surface area contributed by atoms with Crippen molar-refractivity contribution in [2.75, 3.05) is 7.11 Å². The van der Waals surface area contributed by atoms with Crippen LogP contribution in [-0.2, 0) is 0 Å². The highest BCUT2D eigenvalue weighted by Gasteiger charge is 2.34. The Bertz CT molecular complexity index is 676. The number of carbonyl (C=O) groups is 1. The molecule has 1 aliphatic carbocycles. The molecule has 0 radical (unpaired) electrons. The summed E-state index contributed by atoms with van der Waals surface area (Å²) in [5, 5.41) is 9.11. The van der Waals surface area contributed by atoms with E-state index in [2.05, 4.69) is 4.98 Å². The van der Waals surface area contributed by atoms with Gasteiger partial charge >= 0.3 is 5.97 Å². The Morgan fingerprint density at radius 1 is 1.50 bits per heavy atom. The van der Waals surface area contributed by atoms with Crippen molar-refractivity contribution in [3.63, 3.8) is 0 Å². The Morgan fingerprint density at radius 2 is 2.25 bits per heavy atom. The van der Waals surface area contributed by atoms with Gasteiger partial charge in [0.15, 0.2) is 0 Å². The number of oxazole rings is 1. The third kappa shape index (κ3) is 2.13. The van der Waals surface area contributed by atoms with Crippen molar-refractivity contribution in [1.82, 2.24) is 4.98 Å². The third-order valence-electron chi connectivity index (χ3n) is 3.22. The molecule has 3 rings (SSSR count). The summed E-state index contributed by atoms with van der Waals surface area (Å²) in [6.07, 6.45) is 1.77. The molecular formula is C14H12FNO4. The zero-order valence-electron chi connectivity index (χ0n) is 10.7. The number of aromatic nitrogens is 1. The normalized spacial score (nSPS) is 14.3. The fraction of sp³-hybridized carbons (Fsp3) is 0.286. The van der Waals surface area contributed by atoms with Crippen molar-refractivity contribution in [2.45, 2.75) is 18.8 Å². The zero-order valence-corrected chi connectivity index (χ0v) is 10.7. The second-order valence-corrected chi connectivity index (χ2v) is 4.66. The second kappa shape index (κ2) is 4.63. The van der Waals surface area contributed by atoms with E-state index in [0.717, 1.165) is 12.8 Å². The lowest BCUT2D eigenvalue weighted by molar-refractivity contribution is 0.0661. The Labute approximate surface area is 114 Å². The number of carboxylic acid groups (broad SMARTS) is 1. The summed E-state index contributed by atoms with van der Waals surface area (Å²) in [4.78, 5) is 15.3. The first-order chi connectivity index (χ1) is 9.60. The molecule has 0 unspecified atom stereocenters. The summed E-state index contributed by atoms with van der Waals surface area (Å²) in [5.74, 6) is -1.47. The highest BCUT2D eigenvalue weighted by Crippen LogP contribution is 2.42. The quantitative estimate of drug-likeness (QED) is 0.929. The van der Waals surface area contributed by atoms with Crippen molar-refractivity contribution in [2.24, 2.45) is 0 Å². The van der Waals surface area contributed by atoms with Crippen LogP contribution in [0.25, 0.3) is 11.5 Å². The minimum absolute atomic E-state index is 0.00977. The van der Waals surface area contributed by atoms with Gasteiger partial charge in [-0.25, -0.2) is 14.2 Å². The summed E-state index contributed by atoms with van der Waals surface area (Å²) in [5.41, 5.74) is 0.530. The number of methoxy groups -OCH3 is 1. The summed E-state index contributed by atoms with van der Waals surface area (Å²) < 4.78 is 24.1. The van der Waals surface area contributed by atoms with Gasteiger partial charge in [-0.15, -0.1) is 0 Å². The Kier molecular flexibility index (Phi) is 2.93. The van der Waals surface area contributed by atoms with Crippen LogP contribution in [0.5, 0.6) is 5.75 Å². The molecule has 1 N–H and O–H groups in total. The number of halogens is 1. The maximum Gasteiger partial charge on any atom is 0.373 e. The fourth-order valence-electron chi connectivity index (χ4n) is 2.03. The van der Waals surface area contributed by atoms with Crippen LogP contribution in [0.4, 0.5) is 4.39 Å². The van der Waals surface area contributed by atoms with E-state index in [1.54, 1.807) is 6.07 Å². The van der Waals surface area contributed by atoms with Gasteiger partial charge in [-0.3, -0.25) is 0 Å². The Hall–Kier alpha value is -2.37. The Balaban J connectivity index is 2.06. The van der Waals surface area contributed by atoms with Gasteiger partial charge in [0.05, 0.1) is 18.4 Å². The maximum atomic E-state index is 14.0. The molecule has 1 aromatic heterocycles. The molecule has 0 aliphatic heterocycles. The predicted octanol–water partition coefficient (Wildman–Crippen LogP) is 3.06. The van der Waals surface area contributed by atoms with Crippen molar-refractivity contribution in [3.05, 3.63) is 35.5 Å². The number of benzene rings is 1. The van der Waals surface area contributed by atoms with Gasteiger partial charge in [0, 0.05) is 12.0 Å². The molecule has 0 atom stereocenters. The molecule has 5 nitrogen and oxygen atoms in total. The minimum atomic E-state index is -1.18. The van der Waals surface area contributed by atoms with Gasteiger partial charge in [-0.05, 0) is 25.0 Å². The maximum absolute atomic E-state index is 14.0. The van der Waals surface area contributed by atoms with E-state index in [4.69, 9.17) is 14.3 Å². The molecule has 1 aliphatic rings. The molecule has 0 amide bonds. The lowest BCUT2D eigenvalue weighted by Gasteiger charge is -2.02. The lowest BCUT2D eigenvalue weighted by Crippen LogP contribution is -1.98. The molecule has 1 aromatic carbocycles. The van der Waals surface area contributed by atoms with Gasteiger partial charge in [0.25, 0.3) is 0 Å². The molecule has 2 aromatic rings. The topological polar surface area (TPSA) is 72.6 Å². The fourth-order valence-corrected chi connectivity index (χ4v) is 2.03. The number of hydrogen-bond acceptors (Lipinski definition) is 4. The van der Waals surface area contributed by atoms with Crippen molar-refractivity contribution < 1.29 is 23.4 Å². The first-order valence-corrected chi connectivity index (χ1v) is 6.18. The smallest absolute Gasteiger partial charge is 0.373 e. The molecule has 1 heterocycles. The minimum Gasteiger partial charge on any atom is -0.497 e. The molecule has 0 saturated heterocycles. The largest absolute Gasteiger partial charge is 0.497 e. The first kappa shape index (κ1) is 12.7. The number of rotatable bonds is 4. The van der Waals surface area contributed by atoms with Crippen LogP contribution < -0.4 is 4.74 Å². The van der Waals surface area contributed by atoms with Gasteiger partial charge in [-0.1, -0.05) is 0 Å². The summed E-state index contributed by atoms with van der Waals surface area (Å²) in [6, 6.07) is 4.24. The number of carboxylic acids is 1. The van der Waals surface area contributed by atoms with Crippen molar-refractivity contribution in [1.29, 1.82) is 0 Å². The van der Waals surface area contributed by atoms with Gasteiger partial charge in [0.1, 0.15) is 11.6 Å². The van der Waals surface area contributed by atoms with E-state index in [9.17, 15) is 9.18 Å². The first-order valence-electron chi connectivity index (χ1n) is 6.18. The average Bonchev–Trinajstić information content (AvgIpc) is 3.17. The van der Waals surface area contributed by atoms with Gasteiger partial charge in [0.2, 0.25) is 11.7 Å². The summed E-state index contributed by atoms with van der Waals surface area (Å²) in [6.45, 7) is 0. The molecule has 1 saturated carbocycles. The van der Waals surface area contributed by atoms with Gasteiger partial charge < -0.3 is 14.3 Å². The van der Waals surface area contributed by atoms with Crippen LogP contribution in [-0.4, -0.2) is 23.2 Å². The predicted molar refractivity (Wildman–Crippen MR) is 67.4 cm³/mol. The van der Waals surface area contributed by atoms with E-state index >= 15 is 0 Å². The standard InChI is InChI=1S/C14H12FNO4/c1-19-8-4-5-9(10(15)6-8)13-16-11(7-2-3-7)12(20-13)14(17)18/h4-7H,2-3H2,1H3,(H,17,18). The average molecular weight is 277 g/mol.